The molecule has 0 fully saturated rings. The Balaban J connectivity index is 2.93. The molecule has 1 aromatic rings. The summed E-state index contributed by atoms with van der Waals surface area (Å²) in [6.07, 6.45) is 0. The SMILES string of the molecule is O=C=c1c(Cl)ccc2c1=NON2O. The monoisotopic (exact) mass is 198 g/mol. The lowest BCUT2D eigenvalue weighted by Crippen LogP contribution is -2.28. The highest BCUT2D eigenvalue weighted by Gasteiger charge is 2.16. The molecule has 0 bridgehead atoms. The first kappa shape index (κ1) is 8.07. The van der Waals surface area contributed by atoms with Crippen LogP contribution in [0, 0.1) is 0 Å². The first-order valence-electron chi connectivity index (χ1n) is 3.32. The molecule has 0 aromatic heterocycles. The van der Waals surface area contributed by atoms with E-state index in [1.807, 2.05) is 0 Å². The molecular formula is C7H3ClN2O3. The molecule has 1 aromatic carbocycles. The minimum Gasteiger partial charge on any atom is -0.253 e. The number of halogens is 1. The Hall–Kier alpha value is -1.55. The van der Waals surface area contributed by atoms with Crippen molar-refractivity contribution in [3.05, 3.63) is 27.7 Å². The highest BCUT2D eigenvalue weighted by Crippen LogP contribution is 2.11. The minimum atomic E-state index is 0.0794. The van der Waals surface area contributed by atoms with Gasteiger partial charge in [-0.05, 0) is 17.3 Å². The second kappa shape index (κ2) is 2.74. The van der Waals surface area contributed by atoms with E-state index in [4.69, 9.17) is 16.8 Å². The van der Waals surface area contributed by atoms with Crippen LogP contribution in [0.3, 0.4) is 0 Å². The maximum Gasteiger partial charge on any atom is 0.155 e. The van der Waals surface area contributed by atoms with Gasteiger partial charge in [-0.15, -0.1) is 0 Å². The number of hydrogen-bond donors (Lipinski definition) is 1. The zero-order valence-electron chi connectivity index (χ0n) is 6.19. The third-order valence-electron chi connectivity index (χ3n) is 1.62. The lowest BCUT2D eigenvalue weighted by atomic mass is 10.2. The van der Waals surface area contributed by atoms with E-state index in [0.29, 0.717) is 5.23 Å². The van der Waals surface area contributed by atoms with Crippen molar-refractivity contribution in [1.29, 1.82) is 0 Å². The number of fused-ring (bicyclic) bond motifs is 1. The van der Waals surface area contributed by atoms with Gasteiger partial charge in [0.05, 0.1) is 5.02 Å². The van der Waals surface area contributed by atoms with E-state index in [0.717, 1.165) is 0 Å². The van der Waals surface area contributed by atoms with Gasteiger partial charge in [-0.25, -0.2) is 9.73 Å². The van der Waals surface area contributed by atoms with E-state index in [9.17, 15) is 4.79 Å². The van der Waals surface area contributed by atoms with Crippen LogP contribution < -0.4 is 15.8 Å². The molecule has 0 saturated carbocycles. The van der Waals surface area contributed by atoms with Gasteiger partial charge < -0.3 is 0 Å². The average Bonchev–Trinajstić information content (AvgIpc) is 2.48. The standard InChI is InChI=1S/C7H3ClN2O3/c8-5-1-2-6-7(4(5)3-11)9-13-10(6)12/h1-2,12H. The fraction of sp³-hybridized carbons (Fsp3) is 0. The molecule has 0 aliphatic carbocycles. The maximum absolute atomic E-state index is 10.5. The fourth-order valence-corrected chi connectivity index (χ4v) is 1.21. The largest absolute Gasteiger partial charge is 0.253 e. The van der Waals surface area contributed by atoms with Crippen molar-refractivity contribution in [3.63, 3.8) is 0 Å². The van der Waals surface area contributed by atoms with Crippen LogP contribution in [0.1, 0.15) is 0 Å². The van der Waals surface area contributed by atoms with Crippen LogP contribution in [0.15, 0.2) is 17.3 Å². The van der Waals surface area contributed by atoms with Crippen molar-refractivity contribution < 1.29 is 14.9 Å². The molecule has 0 amide bonds. The molecule has 1 N–H and O–H groups in total. The van der Waals surface area contributed by atoms with E-state index in [2.05, 4.69) is 10.1 Å². The molecule has 0 saturated heterocycles. The molecule has 0 spiro atoms. The Bertz CT molecular complexity index is 495. The third kappa shape index (κ3) is 1.07. The summed E-state index contributed by atoms with van der Waals surface area (Å²) in [7, 11) is 0. The van der Waals surface area contributed by atoms with Gasteiger partial charge in [-0.2, -0.15) is 0 Å². The molecule has 5 nitrogen and oxygen atoms in total. The second-order valence-corrected chi connectivity index (χ2v) is 2.75. The van der Waals surface area contributed by atoms with Crippen molar-refractivity contribution >= 4 is 23.2 Å². The summed E-state index contributed by atoms with van der Waals surface area (Å²) in [6.45, 7) is 0. The molecule has 66 valence electrons. The second-order valence-electron chi connectivity index (χ2n) is 2.34. The van der Waals surface area contributed by atoms with Crippen LogP contribution in [-0.2, 0) is 9.73 Å². The van der Waals surface area contributed by atoms with E-state index in [-0.39, 0.29) is 21.3 Å². The quantitative estimate of drug-likeness (QED) is 0.612. The lowest BCUT2D eigenvalue weighted by Gasteiger charge is -2.03. The van der Waals surface area contributed by atoms with Gasteiger partial charge in [0.1, 0.15) is 16.8 Å². The summed E-state index contributed by atoms with van der Waals surface area (Å²) in [5, 5.41) is 13.4. The summed E-state index contributed by atoms with van der Waals surface area (Å²) in [4.78, 5) is 14.9. The summed E-state index contributed by atoms with van der Waals surface area (Å²) in [5.41, 5.74) is 0.266. The van der Waals surface area contributed by atoms with Gasteiger partial charge >= 0.3 is 0 Å². The van der Waals surface area contributed by atoms with E-state index in [1.54, 1.807) is 5.94 Å². The van der Waals surface area contributed by atoms with Gasteiger partial charge in [-0.1, -0.05) is 16.8 Å². The molecule has 1 heterocycles. The number of hydrogen-bond acceptors (Lipinski definition) is 5. The topological polar surface area (TPSA) is 62.1 Å². The normalized spacial score (nSPS) is 12.9. The number of carbonyl (C=O) groups excluding carboxylic acids is 1. The molecule has 1 aliphatic rings. The van der Waals surface area contributed by atoms with Crippen LogP contribution in [-0.4, -0.2) is 11.1 Å². The first-order valence-corrected chi connectivity index (χ1v) is 3.69. The van der Waals surface area contributed by atoms with Gasteiger partial charge in [0.2, 0.25) is 0 Å². The molecular weight excluding hydrogens is 196 g/mol. The Labute approximate surface area is 77.0 Å². The van der Waals surface area contributed by atoms with Crippen molar-refractivity contribution in [1.82, 2.24) is 0 Å². The summed E-state index contributed by atoms with van der Waals surface area (Å²) >= 11 is 5.68. The van der Waals surface area contributed by atoms with Gasteiger partial charge in [0, 0.05) is 0 Å². The Kier molecular flexibility index (Phi) is 1.70. The van der Waals surface area contributed by atoms with E-state index >= 15 is 0 Å². The molecule has 2 rings (SSSR count). The van der Waals surface area contributed by atoms with Gasteiger partial charge in [0.15, 0.2) is 5.36 Å². The van der Waals surface area contributed by atoms with Crippen molar-refractivity contribution in [2.45, 2.75) is 0 Å². The molecule has 6 heteroatoms. The first-order chi connectivity index (χ1) is 6.24. The highest BCUT2D eigenvalue weighted by atomic mass is 35.5. The predicted octanol–water partition coefficient (Wildman–Crippen LogP) is -0.481. The Morgan fingerprint density at radius 2 is 2.38 bits per heavy atom. The fourth-order valence-electron chi connectivity index (χ4n) is 1.02. The Morgan fingerprint density at radius 3 is 3.08 bits per heavy atom. The zero-order chi connectivity index (χ0) is 9.42. The van der Waals surface area contributed by atoms with Crippen LogP contribution in [0.25, 0.3) is 0 Å². The number of benzene rings is 1. The molecule has 0 atom stereocenters. The molecule has 13 heavy (non-hydrogen) atoms. The lowest BCUT2D eigenvalue weighted by molar-refractivity contribution is -0.0306. The maximum atomic E-state index is 10.5. The van der Waals surface area contributed by atoms with Crippen molar-refractivity contribution in [3.8, 4) is 0 Å². The molecule has 0 unspecified atom stereocenters. The number of anilines is 1. The van der Waals surface area contributed by atoms with Gasteiger partial charge in [0.25, 0.3) is 0 Å². The van der Waals surface area contributed by atoms with Crippen LogP contribution >= 0.6 is 11.6 Å². The summed E-state index contributed by atoms with van der Waals surface area (Å²) in [6, 6.07) is 2.93. The van der Waals surface area contributed by atoms with Crippen LogP contribution in [0.2, 0.25) is 5.02 Å². The Morgan fingerprint density at radius 1 is 1.62 bits per heavy atom. The van der Waals surface area contributed by atoms with E-state index < -0.39 is 0 Å². The molecule has 1 aliphatic heterocycles. The zero-order valence-corrected chi connectivity index (χ0v) is 6.95. The van der Waals surface area contributed by atoms with E-state index in [1.165, 1.54) is 12.1 Å². The number of nitrogens with zero attached hydrogens (tertiary/aromatic N) is 2. The summed E-state index contributed by atoms with van der Waals surface area (Å²) in [5.74, 6) is 1.62. The average molecular weight is 199 g/mol. The summed E-state index contributed by atoms with van der Waals surface area (Å²) < 4.78 is 0. The number of rotatable bonds is 0. The minimum absolute atomic E-state index is 0.0794. The third-order valence-corrected chi connectivity index (χ3v) is 1.94. The van der Waals surface area contributed by atoms with Crippen LogP contribution in [0.5, 0.6) is 0 Å². The predicted molar refractivity (Wildman–Crippen MR) is 42.4 cm³/mol. The van der Waals surface area contributed by atoms with Crippen molar-refractivity contribution in [2.75, 3.05) is 5.23 Å². The smallest absolute Gasteiger partial charge is 0.155 e. The van der Waals surface area contributed by atoms with Gasteiger partial charge in [-0.3, -0.25) is 5.21 Å². The van der Waals surface area contributed by atoms with Crippen LogP contribution in [0.4, 0.5) is 5.69 Å². The highest BCUT2D eigenvalue weighted by molar-refractivity contribution is 6.30. The van der Waals surface area contributed by atoms with Crippen molar-refractivity contribution in [2.24, 2.45) is 5.16 Å². The molecule has 0 radical (unpaired) electrons.